The molecule has 0 bridgehead atoms. The summed E-state index contributed by atoms with van der Waals surface area (Å²) in [6.07, 6.45) is 1.45. The highest BCUT2D eigenvalue weighted by Gasteiger charge is 2.37. The summed E-state index contributed by atoms with van der Waals surface area (Å²) in [5.74, 6) is 0.118. The largest absolute Gasteiger partial charge is 0.490 e. The van der Waals surface area contributed by atoms with Gasteiger partial charge >= 0.3 is 6.03 Å². The van der Waals surface area contributed by atoms with Crippen molar-refractivity contribution in [3.63, 3.8) is 0 Å². The summed E-state index contributed by atoms with van der Waals surface area (Å²) in [5.41, 5.74) is 6.28. The molecular weight excluding hydrogens is 683 g/mol. The van der Waals surface area contributed by atoms with Crippen molar-refractivity contribution in [3.8, 4) is 17.2 Å². The lowest BCUT2D eigenvalue weighted by Crippen LogP contribution is -2.54. The maximum atomic E-state index is 13.5. The number of carbonyl (C=O) groups is 3. The number of rotatable bonds is 10. The predicted molar refractivity (Wildman–Crippen MR) is 182 cm³/mol. The minimum absolute atomic E-state index is 0.184. The van der Waals surface area contributed by atoms with Crippen LogP contribution in [0.3, 0.4) is 0 Å². The summed E-state index contributed by atoms with van der Waals surface area (Å²) in [6, 6.07) is 23.5. The zero-order valence-electron chi connectivity index (χ0n) is 25.5. The van der Waals surface area contributed by atoms with Crippen LogP contribution in [0.15, 0.2) is 84.4 Å². The topological polar surface area (TPSA) is 94.2 Å². The Balaban J connectivity index is 1.35. The molecule has 0 atom stereocenters. The first kappa shape index (κ1) is 31.8. The van der Waals surface area contributed by atoms with Gasteiger partial charge in [0, 0.05) is 0 Å². The number of benzene rings is 4. The molecule has 5 rings (SSSR count). The third-order valence-electron chi connectivity index (χ3n) is 7.32. The highest BCUT2D eigenvalue weighted by Crippen LogP contribution is 2.36. The van der Waals surface area contributed by atoms with Crippen molar-refractivity contribution in [2.75, 3.05) is 11.5 Å². The van der Waals surface area contributed by atoms with Gasteiger partial charge in [-0.1, -0.05) is 48.0 Å². The van der Waals surface area contributed by atoms with Crippen LogP contribution in [0.5, 0.6) is 17.2 Å². The van der Waals surface area contributed by atoms with Gasteiger partial charge in [-0.3, -0.25) is 14.9 Å². The van der Waals surface area contributed by atoms with Crippen molar-refractivity contribution < 1.29 is 28.6 Å². The van der Waals surface area contributed by atoms with Gasteiger partial charge in [0.15, 0.2) is 11.5 Å². The van der Waals surface area contributed by atoms with E-state index in [1.54, 1.807) is 36.4 Å². The van der Waals surface area contributed by atoms with E-state index in [4.69, 9.17) is 14.2 Å². The predicted octanol–water partition coefficient (Wildman–Crippen LogP) is 7.44. The average molecular weight is 717 g/mol. The van der Waals surface area contributed by atoms with Crippen LogP contribution in [0, 0.1) is 24.3 Å². The second kappa shape index (κ2) is 14.0. The van der Waals surface area contributed by atoms with E-state index in [9.17, 15) is 14.4 Å². The number of imide groups is 2. The van der Waals surface area contributed by atoms with Crippen LogP contribution in [-0.4, -0.2) is 24.5 Å². The van der Waals surface area contributed by atoms with Crippen molar-refractivity contribution in [3.05, 3.63) is 121 Å². The number of urea groups is 1. The van der Waals surface area contributed by atoms with Gasteiger partial charge in [-0.25, -0.2) is 9.69 Å². The fraction of sp³-hybridized carbons (Fsp3) is 0.194. The van der Waals surface area contributed by atoms with Gasteiger partial charge in [-0.15, -0.1) is 0 Å². The summed E-state index contributed by atoms with van der Waals surface area (Å²) in [7, 11) is 0. The smallest absolute Gasteiger partial charge is 0.335 e. The van der Waals surface area contributed by atoms with E-state index in [1.807, 2.05) is 44.2 Å². The van der Waals surface area contributed by atoms with Crippen molar-refractivity contribution in [1.29, 1.82) is 0 Å². The number of anilines is 1. The zero-order valence-corrected chi connectivity index (χ0v) is 27.6. The molecule has 0 aromatic heterocycles. The Kier molecular flexibility index (Phi) is 9.87. The highest BCUT2D eigenvalue weighted by molar-refractivity contribution is 14.1. The van der Waals surface area contributed by atoms with Crippen LogP contribution in [0.1, 0.15) is 40.3 Å². The fourth-order valence-electron chi connectivity index (χ4n) is 4.72. The first-order chi connectivity index (χ1) is 21.6. The normalized spacial score (nSPS) is 14.0. The summed E-state index contributed by atoms with van der Waals surface area (Å²) in [4.78, 5) is 40.1. The van der Waals surface area contributed by atoms with Gasteiger partial charge in [-0.2, -0.15) is 0 Å². The molecule has 1 fully saturated rings. The maximum Gasteiger partial charge on any atom is 0.335 e. The number of ether oxygens (including phenoxy) is 3. The molecule has 0 radical (unpaired) electrons. The number of nitrogens with one attached hydrogen (secondary N) is 1. The Bertz CT molecular complexity index is 1780. The molecule has 9 heteroatoms. The molecule has 4 amide bonds. The molecule has 8 nitrogen and oxygen atoms in total. The van der Waals surface area contributed by atoms with Crippen LogP contribution in [0.2, 0.25) is 0 Å². The lowest BCUT2D eigenvalue weighted by molar-refractivity contribution is -0.122. The number of carbonyl (C=O) groups excluding carboxylic acids is 3. The second-order valence-corrected chi connectivity index (χ2v) is 11.9. The van der Waals surface area contributed by atoms with E-state index in [1.165, 1.54) is 22.8 Å². The number of nitrogens with zero attached hydrogens (tertiary/aromatic N) is 1. The Labute approximate surface area is 276 Å². The third kappa shape index (κ3) is 7.54. The Morgan fingerprint density at radius 1 is 0.778 bits per heavy atom. The van der Waals surface area contributed by atoms with Gasteiger partial charge in [-0.05, 0) is 121 Å². The van der Waals surface area contributed by atoms with Crippen LogP contribution in [-0.2, 0) is 22.8 Å². The van der Waals surface area contributed by atoms with Gasteiger partial charge in [0.05, 0.1) is 15.9 Å². The molecule has 0 saturated carbocycles. The van der Waals surface area contributed by atoms with Crippen molar-refractivity contribution in [2.45, 2.75) is 40.9 Å². The minimum atomic E-state index is -0.824. The van der Waals surface area contributed by atoms with Crippen molar-refractivity contribution >= 4 is 52.2 Å². The molecule has 1 aliphatic heterocycles. The van der Waals surface area contributed by atoms with E-state index >= 15 is 0 Å². The zero-order chi connectivity index (χ0) is 32.1. The monoisotopic (exact) mass is 716 g/mol. The summed E-state index contributed by atoms with van der Waals surface area (Å²) in [5, 5.41) is 2.28. The first-order valence-corrected chi connectivity index (χ1v) is 15.6. The fourth-order valence-corrected chi connectivity index (χ4v) is 5.51. The molecule has 45 heavy (non-hydrogen) atoms. The molecule has 1 heterocycles. The Morgan fingerprint density at radius 2 is 1.47 bits per heavy atom. The molecular formula is C36H33IN2O6. The molecule has 1 saturated heterocycles. The van der Waals surface area contributed by atoms with Crippen molar-refractivity contribution in [1.82, 2.24) is 5.32 Å². The SMILES string of the molecule is CCOc1cc(/C=C2\C(=O)NC(=O)N(c3ccc(OCc4ccc(C)cc4)cc3)C2=O)cc(I)c1OCc1ccc(C)c(C)c1. The molecule has 0 spiro atoms. The van der Waals surface area contributed by atoms with Gasteiger partial charge < -0.3 is 14.2 Å². The maximum absolute atomic E-state index is 13.5. The summed E-state index contributed by atoms with van der Waals surface area (Å²) in [6.45, 7) is 9.14. The standard InChI is InChI=1S/C36H33IN2O6/c1-5-43-32-19-27(18-31(37)33(32)45-21-26-11-8-23(3)24(4)16-26)17-30-34(40)38-36(42)39(35(30)41)28-12-14-29(15-13-28)44-20-25-9-6-22(2)7-10-25/h6-19H,5,20-21H2,1-4H3,(H,38,40,42)/b30-17+. The summed E-state index contributed by atoms with van der Waals surface area (Å²) >= 11 is 2.15. The first-order valence-electron chi connectivity index (χ1n) is 14.5. The van der Waals surface area contributed by atoms with Crippen molar-refractivity contribution in [2.24, 2.45) is 0 Å². The number of barbiturate groups is 1. The lowest BCUT2D eigenvalue weighted by atomic mass is 10.1. The number of hydrogen-bond acceptors (Lipinski definition) is 6. The van der Waals surface area contributed by atoms with Crippen LogP contribution in [0.25, 0.3) is 6.08 Å². The van der Waals surface area contributed by atoms with E-state index in [0.29, 0.717) is 48.3 Å². The Hall–Kier alpha value is -4.64. The molecule has 0 aliphatic carbocycles. The lowest BCUT2D eigenvalue weighted by Gasteiger charge is -2.26. The van der Waals surface area contributed by atoms with Gasteiger partial charge in [0.25, 0.3) is 11.8 Å². The third-order valence-corrected chi connectivity index (χ3v) is 8.12. The molecule has 4 aromatic rings. The minimum Gasteiger partial charge on any atom is -0.490 e. The Morgan fingerprint density at radius 3 is 2.16 bits per heavy atom. The number of halogens is 1. The van der Waals surface area contributed by atoms with Crippen LogP contribution >= 0.6 is 22.6 Å². The number of amides is 4. The quantitative estimate of drug-likeness (QED) is 0.104. The second-order valence-electron chi connectivity index (χ2n) is 10.7. The molecule has 1 aliphatic rings. The van der Waals surface area contributed by atoms with Crippen LogP contribution in [0.4, 0.5) is 10.5 Å². The highest BCUT2D eigenvalue weighted by atomic mass is 127. The molecule has 230 valence electrons. The van der Waals surface area contributed by atoms with Gasteiger partial charge in [0.2, 0.25) is 0 Å². The van der Waals surface area contributed by atoms with E-state index in [0.717, 1.165) is 19.6 Å². The van der Waals surface area contributed by atoms with E-state index in [-0.39, 0.29) is 5.57 Å². The van der Waals surface area contributed by atoms with Gasteiger partial charge in [0.1, 0.15) is 24.5 Å². The molecule has 4 aromatic carbocycles. The molecule has 0 unspecified atom stereocenters. The number of aryl methyl sites for hydroxylation is 3. The van der Waals surface area contributed by atoms with Crippen LogP contribution < -0.4 is 24.4 Å². The number of hydrogen-bond donors (Lipinski definition) is 1. The van der Waals surface area contributed by atoms with E-state index < -0.39 is 17.8 Å². The molecule has 1 N–H and O–H groups in total. The average Bonchev–Trinajstić information content (AvgIpc) is 3.01. The summed E-state index contributed by atoms with van der Waals surface area (Å²) < 4.78 is 18.7. The van der Waals surface area contributed by atoms with E-state index in [2.05, 4.69) is 53.9 Å².